The second-order valence-corrected chi connectivity index (χ2v) is 9.04. The number of morpholine rings is 1. The summed E-state index contributed by atoms with van der Waals surface area (Å²) in [6, 6.07) is 18.0. The predicted octanol–water partition coefficient (Wildman–Crippen LogP) is 4.19. The Kier molecular flexibility index (Phi) is 6.19. The molecule has 0 atom stereocenters. The molecular weight excluding hydrogens is 442 g/mol. The normalized spacial score (nSPS) is 15.9. The summed E-state index contributed by atoms with van der Waals surface area (Å²) in [5, 5.41) is 2.88. The number of aryl methyl sites for hydroxylation is 2. The van der Waals surface area contributed by atoms with Gasteiger partial charge in [-0.15, -0.1) is 0 Å². The molecule has 3 aromatic carbocycles. The fraction of sp³-hybridized carbons (Fsp3) is 0.250. The van der Waals surface area contributed by atoms with Crippen LogP contribution in [0.3, 0.4) is 0 Å². The molecule has 7 heteroatoms. The van der Waals surface area contributed by atoms with Gasteiger partial charge in [0, 0.05) is 30.9 Å². The number of ether oxygens (including phenoxy) is 1. The van der Waals surface area contributed by atoms with Crippen LogP contribution >= 0.6 is 0 Å². The van der Waals surface area contributed by atoms with E-state index in [1.165, 1.54) is 11.0 Å². The van der Waals surface area contributed by atoms with Crippen molar-refractivity contribution in [3.63, 3.8) is 0 Å². The van der Waals surface area contributed by atoms with Gasteiger partial charge in [-0.2, -0.15) is 0 Å². The van der Waals surface area contributed by atoms with Crippen LogP contribution in [-0.4, -0.2) is 48.9 Å². The van der Waals surface area contributed by atoms with Crippen LogP contribution in [0.2, 0.25) is 0 Å². The maximum atomic E-state index is 13.1. The Morgan fingerprint density at radius 1 is 0.886 bits per heavy atom. The van der Waals surface area contributed by atoms with Crippen molar-refractivity contribution in [1.82, 2.24) is 4.90 Å². The van der Waals surface area contributed by atoms with E-state index in [9.17, 15) is 14.4 Å². The van der Waals surface area contributed by atoms with E-state index in [1.807, 2.05) is 50.2 Å². The van der Waals surface area contributed by atoms with Crippen molar-refractivity contribution in [1.29, 1.82) is 0 Å². The molecule has 1 N–H and O–H groups in total. The number of carbonyl (C=O) groups is 3. The van der Waals surface area contributed by atoms with E-state index in [2.05, 4.69) is 10.2 Å². The zero-order chi connectivity index (χ0) is 24.5. The topological polar surface area (TPSA) is 79.0 Å². The van der Waals surface area contributed by atoms with Gasteiger partial charge in [-0.1, -0.05) is 29.8 Å². The van der Waals surface area contributed by atoms with Gasteiger partial charge in [0.1, 0.15) is 0 Å². The molecule has 3 amide bonds. The molecule has 0 aromatic heterocycles. The Hall–Kier alpha value is -3.81. The summed E-state index contributed by atoms with van der Waals surface area (Å²) >= 11 is 0. The van der Waals surface area contributed by atoms with Crippen molar-refractivity contribution in [3.8, 4) is 0 Å². The highest BCUT2D eigenvalue weighted by atomic mass is 16.5. The van der Waals surface area contributed by atoms with Gasteiger partial charge in [-0.3, -0.25) is 19.3 Å². The van der Waals surface area contributed by atoms with Gasteiger partial charge in [0.2, 0.25) is 0 Å². The molecule has 2 aliphatic heterocycles. The summed E-state index contributed by atoms with van der Waals surface area (Å²) in [5.74, 6) is -1.13. The van der Waals surface area contributed by atoms with Crippen molar-refractivity contribution in [2.45, 2.75) is 20.4 Å². The molecule has 2 heterocycles. The maximum absolute atomic E-state index is 13.1. The molecule has 0 saturated carbocycles. The number of rotatable bonds is 5. The number of nitrogens with zero attached hydrogens (tertiary/aromatic N) is 2. The highest BCUT2D eigenvalue weighted by molar-refractivity contribution is 6.35. The van der Waals surface area contributed by atoms with E-state index in [1.54, 1.807) is 18.2 Å². The predicted molar refractivity (Wildman–Crippen MR) is 134 cm³/mol. The molecule has 0 unspecified atom stereocenters. The van der Waals surface area contributed by atoms with E-state index in [-0.39, 0.29) is 17.4 Å². The molecule has 1 fully saturated rings. The first kappa shape index (κ1) is 23.0. The quantitative estimate of drug-likeness (QED) is 0.567. The summed E-state index contributed by atoms with van der Waals surface area (Å²) in [7, 11) is 0. The number of fused-ring (bicyclic) bond motifs is 1. The summed E-state index contributed by atoms with van der Waals surface area (Å²) in [6.07, 6.45) is 0. The van der Waals surface area contributed by atoms with Crippen LogP contribution < -0.4 is 10.2 Å². The Bertz CT molecular complexity index is 1310. The maximum Gasteiger partial charge on any atom is 0.266 e. The van der Waals surface area contributed by atoms with E-state index in [4.69, 9.17) is 4.74 Å². The summed E-state index contributed by atoms with van der Waals surface area (Å²) < 4.78 is 5.39. The second-order valence-electron chi connectivity index (χ2n) is 9.04. The van der Waals surface area contributed by atoms with Crippen LogP contribution in [0.5, 0.6) is 0 Å². The molecule has 35 heavy (non-hydrogen) atoms. The summed E-state index contributed by atoms with van der Waals surface area (Å²) in [4.78, 5) is 42.6. The first-order valence-electron chi connectivity index (χ1n) is 11.7. The van der Waals surface area contributed by atoms with E-state index >= 15 is 0 Å². The first-order valence-corrected chi connectivity index (χ1v) is 11.7. The third kappa shape index (κ3) is 4.60. The number of hydrogen-bond donors (Lipinski definition) is 1. The largest absolute Gasteiger partial charge is 0.379 e. The Labute approximate surface area is 204 Å². The monoisotopic (exact) mass is 469 g/mol. The Balaban J connectivity index is 1.30. The second kappa shape index (κ2) is 9.44. The lowest BCUT2D eigenvalue weighted by Gasteiger charge is -2.26. The van der Waals surface area contributed by atoms with Crippen molar-refractivity contribution in [2.24, 2.45) is 0 Å². The Morgan fingerprint density at radius 3 is 2.31 bits per heavy atom. The van der Waals surface area contributed by atoms with Gasteiger partial charge in [0.25, 0.3) is 17.7 Å². The molecule has 178 valence electrons. The fourth-order valence-corrected chi connectivity index (χ4v) is 4.57. The molecule has 5 rings (SSSR count). The van der Waals surface area contributed by atoms with Crippen LogP contribution in [-0.2, 0) is 11.3 Å². The fourth-order valence-electron chi connectivity index (χ4n) is 4.57. The average molecular weight is 470 g/mol. The van der Waals surface area contributed by atoms with Gasteiger partial charge in [0.05, 0.1) is 30.0 Å². The molecule has 0 spiro atoms. The SMILES string of the molecule is Cc1ccc(N2C(=O)c3ccc(C(=O)Nc4ccc(CN5CCOCC5)cc4)cc3C2=O)c(C)c1. The molecule has 0 radical (unpaired) electrons. The minimum atomic E-state index is -0.418. The first-order chi connectivity index (χ1) is 16.9. The minimum absolute atomic E-state index is 0.239. The number of hydrogen-bond acceptors (Lipinski definition) is 5. The standard InChI is InChI=1S/C28H27N3O4/c1-18-3-10-25(19(2)15-18)31-27(33)23-9-6-21(16-24(23)28(31)34)26(32)29-22-7-4-20(5-8-22)17-30-11-13-35-14-12-30/h3-10,15-16H,11-14,17H2,1-2H3,(H,29,32). The van der Waals surface area contributed by atoms with Crippen molar-refractivity contribution in [2.75, 3.05) is 36.5 Å². The molecule has 3 aromatic rings. The van der Waals surface area contributed by atoms with Crippen LogP contribution in [0.25, 0.3) is 0 Å². The zero-order valence-electron chi connectivity index (χ0n) is 19.8. The van der Waals surface area contributed by atoms with Crippen LogP contribution in [0.1, 0.15) is 47.8 Å². The third-order valence-corrected chi connectivity index (χ3v) is 6.46. The molecule has 2 aliphatic rings. The highest BCUT2D eigenvalue weighted by Crippen LogP contribution is 2.31. The highest BCUT2D eigenvalue weighted by Gasteiger charge is 2.37. The zero-order valence-corrected chi connectivity index (χ0v) is 19.8. The Morgan fingerprint density at radius 2 is 1.60 bits per heavy atom. The van der Waals surface area contributed by atoms with Crippen molar-refractivity contribution >= 4 is 29.1 Å². The van der Waals surface area contributed by atoms with E-state index in [0.29, 0.717) is 22.5 Å². The average Bonchev–Trinajstić information content (AvgIpc) is 3.10. The van der Waals surface area contributed by atoms with Gasteiger partial charge in [-0.25, -0.2) is 4.90 Å². The van der Waals surface area contributed by atoms with Crippen molar-refractivity contribution in [3.05, 3.63) is 94.0 Å². The van der Waals surface area contributed by atoms with E-state index in [0.717, 1.165) is 49.5 Å². The van der Waals surface area contributed by atoms with Gasteiger partial charge >= 0.3 is 0 Å². The number of carbonyl (C=O) groups excluding carboxylic acids is 3. The lowest BCUT2D eigenvalue weighted by molar-refractivity contribution is 0.0342. The summed E-state index contributed by atoms with van der Waals surface area (Å²) in [6.45, 7) is 8.02. The minimum Gasteiger partial charge on any atom is -0.379 e. The van der Waals surface area contributed by atoms with Crippen LogP contribution in [0.15, 0.2) is 60.7 Å². The number of anilines is 2. The lowest BCUT2D eigenvalue weighted by atomic mass is 10.1. The molecule has 0 aliphatic carbocycles. The lowest BCUT2D eigenvalue weighted by Crippen LogP contribution is -2.35. The molecular formula is C28H27N3O4. The van der Waals surface area contributed by atoms with E-state index < -0.39 is 5.91 Å². The number of imide groups is 1. The molecule has 0 bridgehead atoms. The van der Waals surface area contributed by atoms with Gasteiger partial charge in [-0.05, 0) is 61.4 Å². The number of nitrogens with one attached hydrogen (secondary N) is 1. The number of benzene rings is 3. The van der Waals surface area contributed by atoms with Crippen molar-refractivity contribution < 1.29 is 19.1 Å². The summed E-state index contributed by atoms with van der Waals surface area (Å²) in [5.41, 5.74) is 5.15. The van der Waals surface area contributed by atoms with Crippen LogP contribution in [0.4, 0.5) is 11.4 Å². The third-order valence-electron chi connectivity index (χ3n) is 6.46. The van der Waals surface area contributed by atoms with Crippen LogP contribution in [0, 0.1) is 13.8 Å². The molecule has 1 saturated heterocycles. The smallest absolute Gasteiger partial charge is 0.266 e. The molecule has 7 nitrogen and oxygen atoms in total. The van der Waals surface area contributed by atoms with Gasteiger partial charge in [0.15, 0.2) is 0 Å². The number of amides is 3. The van der Waals surface area contributed by atoms with Gasteiger partial charge < -0.3 is 10.1 Å².